The summed E-state index contributed by atoms with van der Waals surface area (Å²) < 4.78 is 4.95. The summed E-state index contributed by atoms with van der Waals surface area (Å²) in [5.74, 6) is -0.155. The highest BCUT2D eigenvalue weighted by atomic mass is 16.5. The van der Waals surface area contributed by atoms with E-state index >= 15 is 0 Å². The minimum Gasteiger partial charge on any atom is -0.462 e. The van der Waals surface area contributed by atoms with Crippen LogP contribution in [-0.4, -0.2) is 25.0 Å². The molecule has 1 saturated carbocycles. The number of rotatable bonds is 5. The number of anilines is 1. The molecular weight excluding hydrogens is 268 g/mol. The zero-order valence-electron chi connectivity index (χ0n) is 12.3. The molecule has 0 unspecified atom stereocenters. The van der Waals surface area contributed by atoms with E-state index in [0.717, 1.165) is 19.3 Å². The van der Waals surface area contributed by atoms with Crippen molar-refractivity contribution < 1.29 is 14.3 Å². The van der Waals surface area contributed by atoms with Crippen LogP contribution in [0.1, 0.15) is 36.5 Å². The number of nitrogens with two attached hydrogens (primary N) is 1. The molecule has 0 bridgehead atoms. The Morgan fingerprint density at radius 2 is 2.19 bits per heavy atom. The average molecular weight is 290 g/mol. The first-order chi connectivity index (χ1) is 10.2. The molecule has 0 saturated heterocycles. The first-order valence-electron chi connectivity index (χ1n) is 7.43. The molecule has 1 fully saturated rings. The Morgan fingerprint density at radius 1 is 1.38 bits per heavy atom. The van der Waals surface area contributed by atoms with Crippen molar-refractivity contribution in [2.45, 2.75) is 26.2 Å². The van der Waals surface area contributed by atoms with Crippen LogP contribution in [0.2, 0.25) is 0 Å². The van der Waals surface area contributed by atoms with E-state index < -0.39 is 0 Å². The number of hydrogen-bond donors (Lipinski definition) is 2. The second-order valence-electron chi connectivity index (χ2n) is 5.32. The van der Waals surface area contributed by atoms with Crippen molar-refractivity contribution in [3.8, 4) is 0 Å². The van der Waals surface area contributed by atoms with Gasteiger partial charge in [0.2, 0.25) is 5.91 Å². The molecule has 0 spiro atoms. The monoisotopic (exact) mass is 290 g/mol. The van der Waals surface area contributed by atoms with Gasteiger partial charge in [0.05, 0.1) is 12.2 Å². The van der Waals surface area contributed by atoms with Gasteiger partial charge in [-0.3, -0.25) is 4.79 Å². The van der Waals surface area contributed by atoms with Crippen LogP contribution >= 0.6 is 0 Å². The maximum absolute atomic E-state index is 12.3. The summed E-state index contributed by atoms with van der Waals surface area (Å²) in [7, 11) is 0. The minimum atomic E-state index is -0.380. The van der Waals surface area contributed by atoms with Crippen LogP contribution in [0.4, 0.5) is 5.69 Å². The number of carbonyl (C=O) groups is 2. The molecule has 5 heteroatoms. The molecule has 0 aliphatic heterocycles. The summed E-state index contributed by atoms with van der Waals surface area (Å²) >= 11 is 0. The molecule has 1 aromatic rings. The zero-order chi connectivity index (χ0) is 15.2. The van der Waals surface area contributed by atoms with Crippen LogP contribution in [0.5, 0.6) is 0 Å². The van der Waals surface area contributed by atoms with Gasteiger partial charge in [0.15, 0.2) is 0 Å². The highest BCUT2D eigenvalue weighted by Crippen LogP contribution is 2.31. The van der Waals surface area contributed by atoms with Gasteiger partial charge in [0, 0.05) is 11.6 Å². The molecule has 5 nitrogen and oxygen atoms in total. The van der Waals surface area contributed by atoms with E-state index in [1.165, 1.54) is 0 Å². The average Bonchev–Trinajstić information content (AvgIpc) is 2.96. The summed E-state index contributed by atoms with van der Waals surface area (Å²) in [4.78, 5) is 24.0. The van der Waals surface area contributed by atoms with Crippen LogP contribution in [-0.2, 0) is 9.53 Å². The van der Waals surface area contributed by atoms with Crippen LogP contribution in [0.15, 0.2) is 24.3 Å². The van der Waals surface area contributed by atoms with Gasteiger partial charge in [-0.2, -0.15) is 0 Å². The van der Waals surface area contributed by atoms with E-state index in [2.05, 4.69) is 5.32 Å². The smallest absolute Gasteiger partial charge is 0.338 e. The molecule has 2 rings (SSSR count). The maximum Gasteiger partial charge on any atom is 0.338 e. The highest BCUT2D eigenvalue weighted by Gasteiger charge is 2.31. The lowest BCUT2D eigenvalue weighted by Gasteiger charge is -2.17. The minimum absolute atomic E-state index is 0.0102. The molecule has 1 amide bonds. The third kappa shape index (κ3) is 3.82. The SMILES string of the molecule is CCOC(=O)c1cccc(NC(=O)[C@@H]2CCC[C@@H]2CN)c1. The lowest BCUT2D eigenvalue weighted by molar-refractivity contribution is -0.120. The Morgan fingerprint density at radius 3 is 2.90 bits per heavy atom. The summed E-state index contributed by atoms with van der Waals surface area (Å²) in [6.45, 7) is 2.63. The van der Waals surface area contributed by atoms with Gasteiger partial charge in [-0.1, -0.05) is 12.5 Å². The maximum atomic E-state index is 12.3. The van der Waals surface area contributed by atoms with Gasteiger partial charge >= 0.3 is 5.97 Å². The second-order valence-corrected chi connectivity index (χ2v) is 5.32. The summed E-state index contributed by atoms with van der Waals surface area (Å²) in [5.41, 5.74) is 6.77. The van der Waals surface area contributed by atoms with E-state index in [0.29, 0.717) is 24.4 Å². The Bertz CT molecular complexity index is 516. The van der Waals surface area contributed by atoms with Crippen LogP contribution in [0.3, 0.4) is 0 Å². The van der Waals surface area contributed by atoms with Gasteiger partial charge in [0.25, 0.3) is 0 Å². The predicted octanol–water partition coefficient (Wildman–Crippen LogP) is 2.18. The Balaban J connectivity index is 2.04. The van der Waals surface area contributed by atoms with Crippen molar-refractivity contribution in [1.29, 1.82) is 0 Å². The third-order valence-electron chi connectivity index (χ3n) is 3.94. The number of esters is 1. The summed E-state index contributed by atoms with van der Waals surface area (Å²) in [6, 6.07) is 6.82. The molecule has 1 aromatic carbocycles. The first kappa shape index (κ1) is 15.5. The normalized spacial score (nSPS) is 21.0. The Labute approximate surface area is 124 Å². The number of hydrogen-bond acceptors (Lipinski definition) is 4. The van der Waals surface area contributed by atoms with Crippen molar-refractivity contribution >= 4 is 17.6 Å². The van der Waals surface area contributed by atoms with Crippen LogP contribution in [0.25, 0.3) is 0 Å². The highest BCUT2D eigenvalue weighted by molar-refractivity contribution is 5.95. The number of carbonyl (C=O) groups excluding carboxylic acids is 2. The molecule has 21 heavy (non-hydrogen) atoms. The molecule has 0 heterocycles. The first-order valence-corrected chi connectivity index (χ1v) is 7.43. The van der Waals surface area contributed by atoms with Gasteiger partial charge in [-0.25, -0.2) is 4.79 Å². The van der Waals surface area contributed by atoms with Gasteiger partial charge in [0.1, 0.15) is 0 Å². The van der Waals surface area contributed by atoms with E-state index in [1.807, 2.05) is 0 Å². The fraction of sp³-hybridized carbons (Fsp3) is 0.500. The fourth-order valence-corrected chi connectivity index (χ4v) is 2.84. The molecule has 1 aliphatic carbocycles. The van der Waals surface area contributed by atoms with Crippen molar-refractivity contribution in [3.63, 3.8) is 0 Å². The van der Waals surface area contributed by atoms with Crippen molar-refractivity contribution in [3.05, 3.63) is 29.8 Å². The van der Waals surface area contributed by atoms with E-state index in [-0.39, 0.29) is 23.7 Å². The third-order valence-corrected chi connectivity index (χ3v) is 3.94. The molecular formula is C16H22N2O3. The lowest BCUT2D eigenvalue weighted by Crippen LogP contribution is -2.29. The van der Waals surface area contributed by atoms with E-state index in [1.54, 1.807) is 31.2 Å². The summed E-state index contributed by atoms with van der Waals surface area (Å²) in [6.07, 6.45) is 2.94. The van der Waals surface area contributed by atoms with Gasteiger partial charge < -0.3 is 15.8 Å². The number of amides is 1. The molecule has 3 N–H and O–H groups in total. The topological polar surface area (TPSA) is 81.4 Å². The number of ether oxygens (including phenoxy) is 1. The van der Waals surface area contributed by atoms with Gasteiger partial charge in [-0.05, 0) is 50.4 Å². The predicted molar refractivity (Wildman–Crippen MR) is 80.9 cm³/mol. The largest absolute Gasteiger partial charge is 0.462 e. The fourth-order valence-electron chi connectivity index (χ4n) is 2.84. The Hall–Kier alpha value is -1.88. The molecule has 1 aliphatic rings. The van der Waals surface area contributed by atoms with Crippen molar-refractivity contribution in [2.24, 2.45) is 17.6 Å². The standard InChI is InChI=1S/C16H22N2O3/c1-2-21-16(20)11-5-3-7-13(9-11)18-15(19)14-8-4-6-12(14)10-17/h3,5,7,9,12,14H,2,4,6,8,10,17H2,1H3,(H,18,19)/t12-,14-/m1/s1. The van der Waals surface area contributed by atoms with Gasteiger partial charge in [-0.15, -0.1) is 0 Å². The second kappa shape index (κ2) is 7.22. The lowest BCUT2D eigenvalue weighted by atomic mass is 9.95. The molecule has 0 radical (unpaired) electrons. The molecule has 2 atom stereocenters. The van der Waals surface area contributed by atoms with Crippen molar-refractivity contribution in [2.75, 3.05) is 18.5 Å². The van der Waals surface area contributed by atoms with Crippen LogP contribution in [0, 0.1) is 11.8 Å². The van der Waals surface area contributed by atoms with Crippen LogP contribution < -0.4 is 11.1 Å². The summed E-state index contributed by atoms with van der Waals surface area (Å²) in [5, 5.41) is 2.88. The molecule has 0 aromatic heterocycles. The van der Waals surface area contributed by atoms with E-state index in [4.69, 9.17) is 10.5 Å². The number of nitrogens with one attached hydrogen (secondary N) is 1. The zero-order valence-corrected chi connectivity index (χ0v) is 12.3. The van der Waals surface area contributed by atoms with E-state index in [9.17, 15) is 9.59 Å². The van der Waals surface area contributed by atoms with Crippen molar-refractivity contribution in [1.82, 2.24) is 0 Å². The Kier molecular flexibility index (Phi) is 5.33. The molecule has 114 valence electrons. The number of benzene rings is 1. The quantitative estimate of drug-likeness (QED) is 0.814.